The van der Waals surface area contributed by atoms with E-state index in [9.17, 15) is 14.0 Å². The van der Waals surface area contributed by atoms with Gasteiger partial charge in [0.2, 0.25) is 0 Å². The Morgan fingerprint density at radius 2 is 1.63 bits per heavy atom. The predicted molar refractivity (Wildman–Crippen MR) is 101 cm³/mol. The van der Waals surface area contributed by atoms with Crippen molar-refractivity contribution >= 4 is 11.7 Å². The van der Waals surface area contributed by atoms with Gasteiger partial charge in [-0.15, -0.1) is 0 Å². The topological polar surface area (TPSA) is 49.9 Å². The summed E-state index contributed by atoms with van der Waals surface area (Å²) in [7, 11) is 1.59. The third-order valence-corrected chi connectivity index (χ3v) is 4.84. The van der Waals surface area contributed by atoms with Crippen LogP contribution in [0, 0.1) is 12.7 Å². The maximum atomic E-state index is 13.4. The summed E-state index contributed by atoms with van der Waals surface area (Å²) in [5, 5.41) is 0. The number of hydrogen-bond acceptors (Lipinski definition) is 4. The quantitative estimate of drug-likeness (QED) is 0.760. The van der Waals surface area contributed by atoms with E-state index in [2.05, 4.69) is 0 Å². The van der Waals surface area contributed by atoms with Crippen LogP contribution in [0.1, 0.15) is 26.3 Å². The fourth-order valence-corrected chi connectivity index (χ4v) is 3.14. The van der Waals surface area contributed by atoms with Gasteiger partial charge in [-0.1, -0.05) is 0 Å². The molecule has 6 heteroatoms. The zero-order valence-corrected chi connectivity index (χ0v) is 15.6. The molecule has 1 aliphatic heterocycles. The van der Waals surface area contributed by atoms with Gasteiger partial charge in [0.15, 0.2) is 5.78 Å². The van der Waals surface area contributed by atoms with E-state index in [0.29, 0.717) is 48.6 Å². The Hall–Kier alpha value is -2.73. The van der Waals surface area contributed by atoms with Crippen molar-refractivity contribution in [1.29, 1.82) is 0 Å². The molecule has 2 aromatic rings. The molecule has 0 radical (unpaired) electrons. The number of amides is 1. The normalized spacial score (nSPS) is 14.9. The third kappa shape index (κ3) is 4.52. The minimum absolute atomic E-state index is 0.0159. The van der Waals surface area contributed by atoms with Crippen molar-refractivity contribution in [3.05, 3.63) is 65.0 Å². The van der Waals surface area contributed by atoms with Crippen molar-refractivity contribution in [2.24, 2.45) is 0 Å². The van der Waals surface area contributed by atoms with Gasteiger partial charge in [-0.25, -0.2) is 4.39 Å². The molecule has 1 heterocycles. The number of carbonyl (C=O) groups is 2. The summed E-state index contributed by atoms with van der Waals surface area (Å²) in [6.07, 6.45) is 0. The first-order valence-electron chi connectivity index (χ1n) is 8.93. The monoisotopic (exact) mass is 370 g/mol. The summed E-state index contributed by atoms with van der Waals surface area (Å²) in [5.74, 6) is 0.356. The Balaban J connectivity index is 1.54. The minimum Gasteiger partial charge on any atom is -0.497 e. The SMILES string of the molecule is COc1ccc(C(=O)N2CCN(CC(=O)c3ccc(F)c(C)c3)CC2)cc1. The van der Waals surface area contributed by atoms with Gasteiger partial charge in [0.05, 0.1) is 13.7 Å². The van der Waals surface area contributed by atoms with Gasteiger partial charge in [0.25, 0.3) is 5.91 Å². The summed E-state index contributed by atoms with van der Waals surface area (Å²) < 4.78 is 18.5. The lowest BCUT2D eigenvalue weighted by Gasteiger charge is -2.34. The molecule has 27 heavy (non-hydrogen) atoms. The largest absolute Gasteiger partial charge is 0.497 e. The Morgan fingerprint density at radius 1 is 1.00 bits per heavy atom. The van der Waals surface area contributed by atoms with E-state index in [-0.39, 0.29) is 24.1 Å². The van der Waals surface area contributed by atoms with E-state index < -0.39 is 0 Å². The van der Waals surface area contributed by atoms with Gasteiger partial charge in [-0.05, 0) is 55.0 Å². The van der Waals surface area contributed by atoms with E-state index in [1.165, 1.54) is 12.1 Å². The van der Waals surface area contributed by atoms with Crippen molar-refractivity contribution in [3.63, 3.8) is 0 Å². The fraction of sp³-hybridized carbons (Fsp3) is 0.333. The lowest BCUT2D eigenvalue weighted by molar-refractivity contribution is 0.0624. The van der Waals surface area contributed by atoms with Crippen LogP contribution in [-0.2, 0) is 0 Å². The predicted octanol–water partition coefficient (Wildman–Crippen LogP) is 2.78. The molecule has 1 aliphatic rings. The molecular formula is C21H23FN2O3. The average molecular weight is 370 g/mol. The number of benzene rings is 2. The standard InChI is InChI=1S/C21H23FN2O3/c1-15-13-17(5-8-19(15)22)20(25)14-23-9-11-24(12-10-23)21(26)16-3-6-18(27-2)7-4-16/h3-8,13H,9-12,14H2,1-2H3. The highest BCUT2D eigenvalue weighted by atomic mass is 19.1. The molecule has 5 nitrogen and oxygen atoms in total. The van der Waals surface area contributed by atoms with Crippen molar-refractivity contribution in [1.82, 2.24) is 9.80 Å². The second kappa shape index (κ2) is 8.31. The average Bonchev–Trinajstić information content (AvgIpc) is 2.70. The summed E-state index contributed by atoms with van der Waals surface area (Å²) in [4.78, 5) is 28.8. The van der Waals surface area contributed by atoms with Crippen LogP contribution < -0.4 is 4.74 Å². The fourth-order valence-electron chi connectivity index (χ4n) is 3.14. The van der Waals surface area contributed by atoms with Crippen LogP contribution in [0.4, 0.5) is 4.39 Å². The van der Waals surface area contributed by atoms with Crippen molar-refractivity contribution in [2.45, 2.75) is 6.92 Å². The zero-order valence-electron chi connectivity index (χ0n) is 15.6. The number of halogens is 1. The number of nitrogens with zero attached hydrogens (tertiary/aromatic N) is 2. The lowest BCUT2D eigenvalue weighted by atomic mass is 10.1. The number of hydrogen-bond donors (Lipinski definition) is 0. The second-order valence-corrected chi connectivity index (χ2v) is 6.68. The van der Waals surface area contributed by atoms with E-state index in [1.807, 2.05) is 4.90 Å². The number of aryl methyl sites for hydroxylation is 1. The number of ether oxygens (including phenoxy) is 1. The van der Waals surface area contributed by atoms with E-state index >= 15 is 0 Å². The first-order chi connectivity index (χ1) is 13.0. The van der Waals surface area contributed by atoms with Gasteiger partial charge in [0, 0.05) is 37.3 Å². The van der Waals surface area contributed by atoms with Gasteiger partial charge < -0.3 is 9.64 Å². The number of carbonyl (C=O) groups excluding carboxylic acids is 2. The highest BCUT2D eigenvalue weighted by molar-refractivity contribution is 5.98. The van der Waals surface area contributed by atoms with Crippen LogP contribution in [0.5, 0.6) is 5.75 Å². The van der Waals surface area contributed by atoms with Crippen LogP contribution in [0.25, 0.3) is 0 Å². The number of ketones is 1. The molecule has 1 amide bonds. The highest BCUT2D eigenvalue weighted by Gasteiger charge is 2.23. The van der Waals surface area contributed by atoms with E-state index in [1.54, 1.807) is 49.3 Å². The smallest absolute Gasteiger partial charge is 0.253 e. The molecule has 1 fully saturated rings. The molecule has 3 rings (SSSR count). The molecule has 0 N–H and O–H groups in total. The molecule has 0 bridgehead atoms. The summed E-state index contributed by atoms with van der Waals surface area (Å²) in [5.41, 5.74) is 1.61. The minimum atomic E-state index is -0.308. The van der Waals surface area contributed by atoms with Gasteiger partial charge in [-0.3, -0.25) is 14.5 Å². The maximum Gasteiger partial charge on any atom is 0.253 e. The first-order valence-corrected chi connectivity index (χ1v) is 8.93. The number of rotatable bonds is 5. The van der Waals surface area contributed by atoms with E-state index in [0.717, 1.165) is 0 Å². The van der Waals surface area contributed by atoms with Crippen molar-refractivity contribution < 1.29 is 18.7 Å². The van der Waals surface area contributed by atoms with Crippen LogP contribution in [0.3, 0.4) is 0 Å². The van der Waals surface area contributed by atoms with Crippen LogP contribution in [0.2, 0.25) is 0 Å². The zero-order chi connectivity index (χ0) is 19.4. The lowest BCUT2D eigenvalue weighted by Crippen LogP contribution is -2.49. The van der Waals surface area contributed by atoms with Gasteiger partial charge >= 0.3 is 0 Å². The molecule has 0 atom stereocenters. The Bertz CT molecular complexity index is 828. The molecular weight excluding hydrogens is 347 g/mol. The van der Waals surface area contributed by atoms with E-state index in [4.69, 9.17) is 4.74 Å². The van der Waals surface area contributed by atoms with Crippen molar-refractivity contribution in [2.75, 3.05) is 39.8 Å². The van der Waals surface area contributed by atoms with Crippen LogP contribution in [0.15, 0.2) is 42.5 Å². The van der Waals surface area contributed by atoms with Crippen LogP contribution >= 0.6 is 0 Å². The summed E-state index contributed by atoms with van der Waals surface area (Å²) >= 11 is 0. The Morgan fingerprint density at radius 3 is 2.22 bits per heavy atom. The Labute approximate surface area is 158 Å². The molecule has 0 aromatic heterocycles. The molecule has 0 aliphatic carbocycles. The number of methoxy groups -OCH3 is 1. The first kappa shape index (κ1) is 19.0. The molecule has 0 unspecified atom stereocenters. The van der Waals surface area contributed by atoms with Crippen molar-refractivity contribution in [3.8, 4) is 5.75 Å². The summed E-state index contributed by atoms with van der Waals surface area (Å²) in [6, 6.07) is 11.5. The summed E-state index contributed by atoms with van der Waals surface area (Å²) in [6.45, 7) is 4.33. The molecule has 142 valence electrons. The molecule has 0 saturated carbocycles. The third-order valence-electron chi connectivity index (χ3n) is 4.84. The molecule has 2 aromatic carbocycles. The Kier molecular flexibility index (Phi) is 5.86. The number of piperazine rings is 1. The maximum absolute atomic E-state index is 13.4. The highest BCUT2D eigenvalue weighted by Crippen LogP contribution is 2.15. The number of Topliss-reactive ketones (excluding diaryl/α,β-unsaturated/α-hetero) is 1. The molecule has 1 saturated heterocycles. The van der Waals surface area contributed by atoms with Crippen LogP contribution in [-0.4, -0.2) is 61.3 Å². The second-order valence-electron chi connectivity index (χ2n) is 6.68. The van der Waals surface area contributed by atoms with Gasteiger partial charge in [-0.2, -0.15) is 0 Å². The van der Waals surface area contributed by atoms with Gasteiger partial charge in [0.1, 0.15) is 11.6 Å². The molecule has 0 spiro atoms.